The quantitative estimate of drug-likeness (QED) is 0.0326. The van der Waals surface area contributed by atoms with Gasteiger partial charge < -0.3 is 118 Å². The lowest BCUT2D eigenvalue weighted by molar-refractivity contribution is -0.0557. The number of nitrogens with two attached hydrogens (primary N) is 5. The zero-order chi connectivity index (χ0) is 71.1. The van der Waals surface area contributed by atoms with E-state index in [0.717, 1.165) is 0 Å². The van der Waals surface area contributed by atoms with Gasteiger partial charge in [-0.25, -0.2) is 74.8 Å². The van der Waals surface area contributed by atoms with Crippen molar-refractivity contribution >= 4 is 159 Å². The summed E-state index contributed by atoms with van der Waals surface area (Å²) in [6.07, 6.45) is -2.45. The molecule has 0 bridgehead atoms. The summed E-state index contributed by atoms with van der Waals surface area (Å²) in [7, 11) is 0. The van der Waals surface area contributed by atoms with E-state index in [0.29, 0.717) is 22.3 Å². The van der Waals surface area contributed by atoms with Crippen LogP contribution in [0.25, 0.3) is 55.8 Å². The summed E-state index contributed by atoms with van der Waals surface area (Å²) in [5, 5.41) is 21.5. The number of aromatic nitrogens is 20. The minimum Gasteiger partial charge on any atom is -0.394 e. The van der Waals surface area contributed by atoms with Crippen molar-refractivity contribution in [2.45, 2.75) is 124 Å². The van der Waals surface area contributed by atoms with Gasteiger partial charge in [-0.05, 0) is 47.2 Å². The van der Waals surface area contributed by atoms with Crippen LogP contribution in [0.2, 0.25) is 0 Å². The summed E-state index contributed by atoms with van der Waals surface area (Å²) in [5.74, 6) is 0.543. The highest BCUT2D eigenvalue weighted by molar-refractivity contribution is 8.08. The third-order valence-corrected chi connectivity index (χ3v) is 23.6. The van der Waals surface area contributed by atoms with Crippen LogP contribution < -0.4 is 28.7 Å². The van der Waals surface area contributed by atoms with E-state index in [9.17, 15) is 29.8 Å². The number of aliphatic hydroxyl groups excluding tert-OH is 2. The summed E-state index contributed by atoms with van der Waals surface area (Å²) < 4.78 is 88.1. The topological polar surface area (TPSA) is 589 Å². The Morgan fingerprint density at radius 1 is 0.353 bits per heavy atom. The van der Waals surface area contributed by atoms with Crippen LogP contribution in [0.4, 0.5) is 29.1 Å². The highest BCUT2D eigenvalue weighted by atomic mass is 32.5. The highest BCUT2D eigenvalue weighted by Gasteiger charge is 2.48. The van der Waals surface area contributed by atoms with E-state index in [1.165, 1.54) is 67.8 Å². The molecule has 0 saturated carbocycles. The van der Waals surface area contributed by atoms with Crippen LogP contribution in [0.5, 0.6) is 0 Å². The van der Waals surface area contributed by atoms with Crippen molar-refractivity contribution in [1.29, 1.82) is 0 Å². The molecule has 15 heterocycles. The summed E-state index contributed by atoms with van der Waals surface area (Å²) in [5.41, 5.74) is 33.4. The van der Waals surface area contributed by atoms with Crippen molar-refractivity contribution in [2.75, 3.05) is 61.7 Å². The van der Waals surface area contributed by atoms with Crippen molar-refractivity contribution in [1.82, 2.24) is 97.6 Å². The summed E-state index contributed by atoms with van der Waals surface area (Å²) >= 11 is 22.5. The number of hydrogen-bond acceptors (Lipinski definition) is 39. The molecule has 5 fully saturated rings. The van der Waals surface area contributed by atoms with Gasteiger partial charge in [0.15, 0.2) is 57.3 Å². The molecule has 102 heavy (non-hydrogen) atoms. The van der Waals surface area contributed by atoms with E-state index in [2.05, 4.69) is 74.8 Å². The number of nitrogen functional groups attached to an aromatic ring is 5. The van der Waals surface area contributed by atoms with E-state index in [1.807, 2.05) is 0 Å². The Bertz CT molecular complexity index is 4990. The van der Waals surface area contributed by atoms with Gasteiger partial charge in [-0.3, -0.25) is 22.8 Å². The van der Waals surface area contributed by atoms with Crippen LogP contribution in [-0.2, 0) is 107 Å². The number of nitrogens with zero attached hydrogens (tertiary/aromatic N) is 20. The van der Waals surface area contributed by atoms with Crippen LogP contribution in [0, 0.1) is 0 Å². The van der Waals surface area contributed by atoms with Crippen molar-refractivity contribution in [3.63, 3.8) is 0 Å². The third-order valence-electron chi connectivity index (χ3n) is 17.3. The lowest BCUT2D eigenvalue weighted by Crippen LogP contribution is -2.32. The molecule has 5 aliphatic rings. The second kappa shape index (κ2) is 28.5. The number of imidazole rings is 5. The zero-order valence-electron chi connectivity index (χ0n) is 52.2. The fraction of sp³-hybridized carbons (Fsp3) is 0.500. The van der Waals surface area contributed by atoms with Gasteiger partial charge in [-0.15, -0.1) is 0 Å². The van der Waals surface area contributed by atoms with Gasteiger partial charge in [0.2, 0.25) is 0 Å². The van der Waals surface area contributed by atoms with Crippen LogP contribution in [0.15, 0.2) is 63.3 Å². The Hall–Kier alpha value is -6.41. The summed E-state index contributed by atoms with van der Waals surface area (Å²) in [4.78, 5) is 111. The Morgan fingerprint density at radius 3 is 0.843 bits per heavy atom. The maximum absolute atomic E-state index is 12.1. The molecule has 0 amide bonds. The van der Waals surface area contributed by atoms with Gasteiger partial charge in [0.05, 0.1) is 95.2 Å². The highest BCUT2D eigenvalue weighted by Crippen LogP contribution is 2.56. The third kappa shape index (κ3) is 14.6. The van der Waals surface area contributed by atoms with E-state index in [-0.39, 0.29) is 94.7 Å². The molecule has 10 aromatic heterocycles. The van der Waals surface area contributed by atoms with Crippen LogP contribution in [-0.4, -0.2) is 221 Å². The molecule has 5 saturated heterocycles. The average molecular weight is 1570 g/mol. The Morgan fingerprint density at radius 2 is 0.578 bits per heavy atom. The lowest BCUT2D eigenvalue weighted by Gasteiger charge is -2.28. The lowest BCUT2D eigenvalue weighted by atomic mass is 10.2. The van der Waals surface area contributed by atoms with Crippen LogP contribution >= 0.6 is 26.9 Å². The Kier molecular flexibility index (Phi) is 19.9. The van der Waals surface area contributed by atoms with Gasteiger partial charge in [-0.2, -0.15) is 0 Å². The molecule has 4 unspecified atom stereocenters. The molecule has 10 aromatic rings. The largest absolute Gasteiger partial charge is 0.394 e. The normalized spacial score (nSPS) is 29.4. The van der Waals surface area contributed by atoms with E-state index < -0.39 is 152 Å². The standard InChI is InChI=1S/C50H61N25O19P4S4/c51-41-36-46(61-11-56-41)71(16-66-36)31-1-21(77)27(87-31)7-82-95(78,99)92-23-3-33(73-18-68-38-43(53)58-13-63-48(38)73)89-29(23)9-84-97(80,101)94-25-5-35(75-20-70-40-45(55)60-15-65-50(40)75)90-30(25)10-85-98(81,102)93-24-4-34(74-19-69-39-44(54)59-14-64-49(39)74)88-28(24)8-83-96(79,100)91-22-2-32(86-26(22)6-76)72-17-67-37-42(52)57-12-62-47(37)72/h11-35,76-77H,1-10H2,(H,78,99)(H,79,100)(H,80,101)(H,81,102)(H2,51,56,61)(H2,52,57,62)(H2,53,58,63)(H2,54,59,64)(H2,55,60,65)/t21-,22-,23-,24-,25-,26+,27+,28+,29+,30+,31+,32+,33+,34+,35+,95?,96?,97?,98?/m0/s1. The van der Waals surface area contributed by atoms with E-state index >= 15 is 0 Å². The molecular formula is C50H61N25O19P4S4. The number of ether oxygens (including phenoxy) is 5. The molecule has 0 aliphatic carbocycles. The fourth-order valence-electron chi connectivity index (χ4n) is 12.5. The number of fused-ring (bicyclic) bond motifs is 5. The first-order valence-electron chi connectivity index (χ1n) is 30.7. The van der Waals surface area contributed by atoms with E-state index in [4.69, 9.17) is 136 Å². The fourth-order valence-corrected chi connectivity index (χ4v) is 18.4. The number of rotatable bonds is 26. The molecule has 5 aliphatic heterocycles. The maximum atomic E-state index is 12.1. The number of anilines is 5. The molecule has 0 aromatic carbocycles. The van der Waals surface area contributed by atoms with Gasteiger partial charge in [0.25, 0.3) is 0 Å². The van der Waals surface area contributed by atoms with Crippen molar-refractivity contribution in [3.05, 3.63) is 63.3 Å². The summed E-state index contributed by atoms with van der Waals surface area (Å²) in [6, 6.07) is 0. The van der Waals surface area contributed by atoms with Gasteiger partial charge >= 0.3 is 26.9 Å². The average Bonchev–Trinajstić information content (AvgIpc) is 1.65. The first kappa shape index (κ1) is 71.2. The molecule has 0 radical (unpaired) electrons. The predicted molar refractivity (Wildman–Crippen MR) is 364 cm³/mol. The first-order chi connectivity index (χ1) is 48.8. The summed E-state index contributed by atoms with van der Waals surface area (Å²) in [6.45, 7) is -20.1. The molecular weight excluding hydrogens is 1510 g/mol. The zero-order valence-corrected chi connectivity index (χ0v) is 59.1. The molecule has 19 atom stereocenters. The predicted octanol–water partition coefficient (Wildman–Crippen LogP) is 0.362. The second-order valence-corrected chi connectivity index (χ2v) is 34.8. The van der Waals surface area contributed by atoms with Crippen molar-refractivity contribution < 1.29 is 89.7 Å². The van der Waals surface area contributed by atoms with E-state index in [1.54, 1.807) is 18.3 Å². The molecule has 544 valence electrons. The Balaban J connectivity index is 0.636. The number of hydrogen-bond donors (Lipinski definition) is 11. The molecule has 15 rings (SSSR count). The SMILES string of the molecule is Nc1ncnc2c1ncn2[C@H]1C[C@H](OP(O)(=S)OC[C@H]2O[C@@H](n3cnc4c(N)ncnc43)C[C@@H]2OP(O)(=S)OC[C@H]2O[C@@H](n3cnc4c(N)ncnc43)C[C@@H]2OP(O)(=S)OC[C@H]2O[C@@H](n3cnc4c(N)ncnc43)C[C@@H]2OP(O)(=S)OC[C@H]2O[C@@H](n3cnc4c(N)ncnc43)C[C@@H]2O)[C@@H](CO)O1. The van der Waals surface area contributed by atoms with Gasteiger partial charge in [0.1, 0.15) is 121 Å². The number of aliphatic hydroxyl groups is 2. The van der Waals surface area contributed by atoms with Gasteiger partial charge in [0, 0.05) is 32.1 Å². The minimum absolute atomic E-state index is 0.0512. The van der Waals surface area contributed by atoms with Gasteiger partial charge in [-0.1, -0.05) is 0 Å². The van der Waals surface area contributed by atoms with Crippen LogP contribution in [0.3, 0.4) is 0 Å². The second-order valence-electron chi connectivity index (χ2n) is 23.6. The monoisotopic (exact) mass is 1570 g/mol. The Labute approximate surface area is 592 Å². The maximum Gasteiger partial charge on any atom is 0.324 e. The molecule has 44 nitrogen and oxygen atoms in total. The minimum atomic E-state index is -4.46. The smallest absolute Gasteiger partial charge is 0.324 e. The first-order valence-corrected chi connectivity index (χ1v) is 41.0. The van der Waals surface area contributed by atoms with Crippen LogP contribution in [0.1, 0.15) is 63.2 Å². The molecule has 0 spiro atoms. The van der Waals surface area contributed by atoms with Crippen molar-refractivity contribution in [3.8, 4) is 0 Å². The molecule has 16 N–H and O–H groups in total. The molecule has 52 heteroatoms. The van der Waals surface area contributed by atoms with Crippen molar-refractivity contribution in [2.24, 2.45) is 0 Å².